The fourth-order valence-electron chi connectivity index (χ4n) is 7.60. The first-order valence-electron chi connectivity index (χ1n) is 17.1. The van der Waals surface area contributed by atoms with Crippen LogP contribution in [0.4, 0.5) is 23.7 Å². The molecule has 3 aliphatic rings. The van der Waals surface area contributed by atoms with E-state index in [1.54, 1.807) is 21.4 Å². The summed E-state index contributed by atoms with van der Waals surface area (Å²) in [4.78, 5) is 65.6. The molecule has 5 heterocycles. The van der Waals surface area contributed by atoms with Crippen LogP contribution in [0.15, 0.2) is 47.4 Å². The molecule has 3 N–H and O–H groups in total. The van der Waals surface area contributed by atoms with Gasteiger partial charge >= 0.3 is 12.2 Å². The number of nitrogens with one attached hydrogen (secondary N) is 2. The largest absolute Gasteiger partial charge is 0.505 e. The molecule has 0 radical (unpaired) electrons. The monoisotopic (exact) mass is 753 g/mol. The molecule has 1 aromatic carbocycles. The van der Waals surface area contributed by atoms with Crippen molar-refractivity contribution in [3.8, 4) is 5.75 Å². The van der Waals surface area contributed by atoms with E-state index < -0.39 is 29.0 Å². The SMILES string of the molecule is CNC(=O)N1CC=C(c2nc3n(CC(=O)Nc4ccc(C(F)(F)F)cc4Cl)c4c(c(=O)n3n2)C2(CCC4)CCN(C(=O)c3ncccc3O)CC2)CC1. The zero-order valence-electron chi connectivity index (χ0n) is 28.5. The van der Waals surface area contributed by atoms with Crippen molar-refractivity contribution in [1.29, 1.82) is 0 Å². The van der Waals surface area contributed by atoms with Gasteiger partial charge in [-0.05, 0) is 74.4 Å². The number of aromatic hydroxyl groups is 1. The Morgan fingerprint density at radius 1 is 1.06 bits per heavy atom. The molecule has 0 saturated carbocycles. The lowest BCUT2D eigenvalue weighted by Crippen LogP contribution is -2.50. The van der Waals surface area contributed by atoms with Crippen LogP contribution in [0.3, 0.4) is 0 Å². The van der Waals surface area contributed by atoms with Crippen molar-refractivity contribution in [2.75, 3.05) is 38.5 Å². The molecule has 4 amide bonds. The lowest BCUT2D eigenvalue weighted by atomic mass is 9.66. The standard InChI is InChI=1S/C35H35ClF3N9O5/c1-40-33(53)46-14-8-20(9-15-46)29-43-32-47(19-26(50)42-23-7-6-21(18-22(23)36)35(37,38)39)24-4-2-10-34(27(24)30(51)48(32)44-29)11-16-45(17-12-34)31(52)28-25(49)5-3-13-41-28/h3,5-8,13,18,49H,2,4,9-12,14-17,19H2,1H3,(H,40,53)(H,42,50). The summed E-state index contributed by atoms with van der Waals surface area (Å²) in [5.74, 6) is -0.874. The van der Waals surface area contributed by atoms with E-state index in [1.165, 1.54) is 22.8 Å². The van der Waals surface area contributed by atoms with Crippen molar-refractivity contribution in [2.45, 2.75) is 56.7 Å². The first-order chi connectivity index (χ1) is 25.3. The zero-order chi connectivity index (χ0) is 37.7. The topological polar surface area (TPSA) is 167 Å². The molecule has 278 valence electrons. The minimum Gasteiger partial charge on any atom is -0.505 e. The van der Waals surface area contributed by atoms with Gasteiger partial charge in [0.1, 0.15) is 12.3 Å². The molecule has 1 fully saturated rings. The van der Waals surface area contributed by atoms with Crippen LogP contribution in [0.25, 0.3) is 11.4 Å². The molecule has 1 saturated heterocycles. The highest BCUT2D eigenvalue weighted by Crippen LogP contribution is 2.44. The van der Waals surface area contributed by atoms with Crippen molar-refractivity contribution in [1.82, 2.24) is 39.3 Å². The van der Waals surface area contributed by atoms with Gasteiger partial charge in [-0.15, -0.1) is 5.10 Å². The van der Waals surface area contributed by atoms with Gasteiger partial charge in [-0.3, -0.25) is 14.4 Å². The van der Waals surface area contributed by atoms with Gasteiger partial charge < -0.3 is 30.1 Å². The number of benzene rings is 1. The summed E-state index contributed by atoms with van der Waals surface area (Å²) in [5.41, 5.74) is -0.297. The molecule has 14 nitrogen and oxygen atoms in total. The van der Waals surface area contributed by atoms with Crippen LogP contribution < -0.4 is 16.2 Å². The van der Waals surface area contributed by atoms with Crippen LogP contribution in [0, 0.1) is 0 Å². The Labute approximate surface area is 305 Å². The van der Waals surface area contributed by atoms with Gasteiger partial charge in [0.25, 0.3) is 11.5 Å². The number of piperidine rings is 1. The lowest BCUT2D eigenvalue weighted by molar-refractivity contribution is -0.137. The minimum atomic E-state index is -4.62. The highest BCUT2D eigenvalue weighted by Gasteiger charge is 2.45. The molecule has 0 atom stereocenters. The molecule has 0 unspecified atom stereocenters. The fourth-order valence-corrected chi connectivity index (χ4v) is 7.83. The van der Waals surface area contributed by atoms with E-state index in [0.29, 0.717) is 62.9 Å². The average Bonchev–Trinajstić information content (AvgIpc) is 3.60. The van der Waals surface area contributed by atoms with Gasteiger partial charge in [0.2, 0.25) is 11.7 Å². The van der Waals surface area contributed by atoms with Gasteiger partial charge in [-0.1, -0.05) is 17.7 Å². The number of urea groups is 1. The van der Waals surface area contributed by atoms with E-state index >= 15 is 0 Å². The third-order valence-corrected chi connectivity index (χ3v) is 10.6. The number of hydrogen-bond acceptors (Lipinski definition) is 8. The predicted octanol–water partition coefficient (Wildman–Crippen LogP) is 4.24. The van der Waals surface area contributed by atoms with Crippen LogP contribution in [0.5, 0.6) is 5.75 Å². The smallest absolute Gasteiger partial charge is 0.416 e. The normalized spacial score (nSPS) is 17.0. The number of alkyl halides is 3. The minimum absolute atomic E-state index is 0.0155. The summed E-state index contributed by atoms with van der Waals surface area (Å²) in [7, 11) is 1.54. The maximum Gasteiger partial charge on any atom is 0.416 e. The number of pyridine rings is 1. The van der Waals surface area contributed by atoms with E-state index in [0.717, 1.165) is 23.8 Å². The summed E-state index contributed by atoms with van der Waals surface area (Å²) in [6, 6.07) is 5.34. The molecular weight excluding hydrogens is 719 g/mol. The summed E-state index contributed by atoms with van der Waals surface area (Å²) >= 11 is 6.15. The zero-order valence-corrected chi connectivity index (χ0v) is 29.3. The highest BCUT2D eigenvalue weighted by molar-refractivity contribution is 6.33. The third-order valence-electron chi connectivity index (χ3n) is 10.3. The Bertz CT molecular complexity index is 2230. The fraction of sp³-hybridized carbons (Fsp3) is 0.400. The third kappa shape index (κ3) is 6.69. The number of anilines is 1. The van der Waals surface area contributed by atoms with Gasteiger partial charge in [0, 0.05) is 56.1 Å². The van der Waals surface area contributed by atoms with Crippen molar-refractivity contribution < 1.29 is 32.7 Å². The molecule has 53 heavy (non-hydrogen) atoms. The van der Waals surface area contributed by atoms with Gasteiger partial charge in [0.05, 0.1) is 16.3 Å². The van der Waals surface area contributed by atoms with Crippen LogP contribution in [-0.2, 0) is 29.4 Å². The summed E-state index contributed by atoms with van der Waals surface area (Å²) < 4.78 is 42.6. The molecule has 18 heteroatoms. The van der Waals surface area contributed by atoms with E-state index in [1.807, 2.05) is 6.08 Å². The van der Waals surface area contributed by atoms with E-state index in [-0.39, 0.29) is 65.0 Å². The van der Waals surface area contributed by atoms with Crippen molar-refractivity contribution in [3.05, 3.63) is 86.3 Å². The Balaban J connectivity index is 1.26. The first kappa shape index (κ1) is 35.9. The number of likely N-dealkylation sites (tertiary alicyclic amines) is 1. The van der Waals surface area contributed by atoms with Crippen molar-refractivity contribution >= 4 is 46.5 Å². The number of aromatic nitrogens is 5. The van der Waals surface area contributed by atoms with Crippen molar-refractivity contribution in [3.63, 3.8) is 0 Å². The molecule has 7 rings (SSSR count). The Hall–Kier alpha value is -5.45. The Kier molecular flexibility index (Phi) is 9.38. The molecular formula is C35H35ClF3N9O5. The Morgan fingerprint density at radius 3 is 2.49 bits per heavy atom. The van der Waals surface area contributed by atoms with Crippen LogP contribution in [0.1, 0.15) is 65.2 Å². The highest BCUT2D eigenvalue weighted by atomic mass is 35.5. The molecule has 2 aliphatic heterocycles. The van der Waals surface area contributed by atoms with Crippen LogP contribution in [0.2, 0.25) is 5.02 Å². The number of carbonyl (C=O) groups is 3. The number of halogens is 4. The Morgan fingerprint density at radius 2 is 1.83 bits per heavy atom. The summed E-state index contributed by atoms with van der Waals surface area (Å²) in [6.07, 6.45) is 1.65. The van der Waals surface area contributed by atoms with E-state index in [9.17, 15) is 37.5 Å². The molecule has 3 aromatic heterocycles. The van der Waals surface area contributed by atoms with Crippen molar-refractivity contribution in [2.24, 2.45) is 0 Å². The number of fused-ring (bicyclic) bond motifs is 3. The maximum absolute atomic E-state index is 14.5. The van der Waals surface area contributed by atoms with E-state index in [4.69, 9.17) is 16.6 Å². The van der Waals surface area contributed by atoms with Crippen LogP contribution >= 0.6 is 11.6 Å². The second-order valence-corrected chi connectivity index (χ2v) is 13.8. The molecule has 0 bridgehead atoms. The predicted molar refractivity (Wildman–Crippen MR) is 187 cm³/mol. The molecule has 4 aromatic rings. The molecule has 1 aliphatic carbocycles. The quantitative estimate of drug-likeness (QED) is 0.272. The second kappa shape index (κ2) is 13.8. The number of carbonyl (C=O) groups excluding carboxylic acids is 3. The van der Waals surface area contributed by atoms with Gasteiger partial charge in [0.15, 0.2) is 11.5 Å². The second-order valence-electron chi connectivity index (χ2n) is 13.4. The van der Waals surface area contributed by atoms with Gasteiger partial charge in [-0.2, -0.15) is 22.7 Å². The van der Waals surface area contributed by atoms with E-state index in [2.05, 4.69) is 20.7 Å². The number of nitrogens with zero attached hydrogens (tertiary/aromatic N) is 7. The van der Waals surface area contributed by atoms with Gasteiger partial charge in [-0.25, -0.2) is 9.78 Å². The number of amides is 4. The van der Waals surface area contributed by atoms with Crippen LogP contribution in [-0.4, -0.2) is 90.1 Å². The summed E-state index contributed by atoms with van der Waals surface area (Å²) in [5, 5.41) is 19.8. The molecule has 1 spiro atoms. The first-order valence-corrected chi connectivity index (χ1v) is 17.5. The lowest BCUT2D eigenvalue weighted by Gasteiger charge is -2.45. The maximum atomic E-state index is 14.5. The average molecular weight is 754 g/mol. The number of hydrogen-bond donors (Lipinski definition) is 3. The number of rotatable bonds is 5. The summed E-state index contributed by atoms with van der Waals surface area (Å²) in [6.45, 7) is 0.916.